The molecule has 0 aromatic rings. The van der Waals surface area contributed by atoms with Gasteiger partial charge in [0.2, 0.25) is 0 Å². The summed E-state index contributed by atoms with van der Waals surface area (Å²) in [5, 5.41) is 0. The van der Waals surface area contributed by atoms with Gasteiger partial charge in [-0.3, -0.25) is 0 Å². The molecule has 0 amide bonds. The third-order valence-electron chi connectivity index (χ3n) is 3.99. The fraction of sp³-hybridized carbons (Fsp3) is 1.00. The number of nitrogens with zero attached hydrogens (tertiary/aromatic N) is 1. The molecule has 0 bridgehead atoms. The molecular weight excluding hydrogens is 158 g/mol. The van der Waals surface area contributed by atoms with Crippen molar-refractivity contribution in [2.24, 2.45) is 17.8 Å². The van der Waals surface area contributed by atoms with E-state index in [1.165, 1.54) is 12.8 Å². The van der Waals surface area contributed by atoms with Crippen LogP contribution in [0.3, 0.4) is 0 Å². The van der Waals surface area contributed by atoms with Gasteiger partial charge in [-0.1, -0.05) is 20.8 Å². The van der Waals surface area contributed by atoms with Gasteiger partial charge in [0.25, 0.3) is 0 Å². The van der Waals surface area contributed by atoms with E-state index < -0.39 is 0 Å². The molecule has 1 aliphatic carbocycles. The summed E-state index contributed by atoms with van der Waals surface area (Å²) in [6.07, 6.45) is 2.85. The molecule has 1 aliphatic rings. The van der Waals surface area contributed by atoms with E-state index in [-0.39, 0.29) is 0 Å². The number of hydrogen-bond donors (Lipinski definition) is 0. The Morgan fingerprint density at radius 3 is 1.69 bits per heavy atom. The Bertz CT molecular complexity index is 168. The van der Waals surface area contributed by atoms with E-state index >= 15 is 0 Å². The Morgan fingerprint density at radius 2 is 1.31 bits per heavy atom. The summed E-state index contributed by atoms with van der Waals surface area (Å²) in [5.41, 5.74) is 0. The molecular formula is C12H26N+. The average molecular weight is 184 g/mol. The maximum Gasteiger partial charge on any atom is 0.0938 e. The van der Waals surface area contributed by atoms with Crippen LogP contribution < -0.4 is 0 Å². The van der Waals surface area contributed by atoms with Crippen LogP contribution in [0.25, 0.3) is 0 Å². The van der Waals surface area contributed by atoms with E-state index in [0.717, 1.165) is 28.3 Å². The van der Waals surface area contributed by atoms with E-state index in [2.05, 4.69) is 41.9 Å². The van der Waals surface area contributed by atoms with Crippen molar-refractivity contribution in [3.05, 3.63) is 0 Å². The average Bonchev–Trinajstić information content (AvgIpc) is 1.95. The van der Waals surface area contributed by atoms with Gasteiger partial charge in [-0.2, -0.15) is 0 Å². The van der Waals surface area contributed by atoms with Crippen molar-refractivity contribution in [2.45, 2.75) is 39.7 Å². The van der Waals surface area contributed by atoms with Crippen molar-refractivity contribution in [1.82, 2.24) is 0 Å². The molecule has 4 atom stereocenters. The molecule has 0 aromatic carbocycles. The van der Waals surface area contributed by atoms with Crippen LogP contribution in [-0.4, -0.2) is 31.7 Å². The summed E-state index contributed by atoms with van der Waals surface area (Å²) in [5.74, 6) is 2.69. The molecule has 1 fully saturated rings. The van der Waals surface area contributed by atoms with Crippen molar-refractivity contribution < 1.29 is 4.48 Å². The van der Waals surface area contributed by atoms with E-state index in [9.17, 15) is 0 Å². The predicted octanol–water partition coefficient (Wildman–Crippen LogP) is 2.76. The van der Waals surface area contributed by atoms with Gasteiger partial charge in [0.15, 0.2) is 0 Å². The van der Waals surface area contributed by atoms with E-state index in [4.69, 9.17) is 0 Å². The zero-order chi connectivity index (χ0) is 10.2. The highest BCUT2D eigenvalue weighted by molar-refractivity contribution is 4.82. The van der Waals surface area contributed by atoms with E-state index in [1.807, 2.05) is 0 Å². The number of rotatable bonds is 1. The first-order valence-corrected chi connectivity index (χ1v) is 5.65. The fourth-order valence-corrected chi connectivity index (χ4v) is 3.28. The van der Waals surface area contributed by atoms with Crippen LogP contribution in [0, 0.1) is 17.8 Å². The van der Waals surface area contributed by atoms with E-state index in [0.29, 0.717) is 0 Å². The maximum atomic E-state index is 2.44. The topological polar surface area (TPSA) is 0 Å². The summed E-state index contributed by atoms with van der Waals surface area (Å²) < 4.78 is 1.13. The molecule has 3 unspecified atom stereocenters. The third kappa shape index (κ3) is 2.25. The Labute approximate surface area is 83.7 Å². The van der Waals surface area contributed by atoms with Crippen LogP contribution in [0.4, 0.5) is 0 Å². The number of hydrogen-bond acceptors (Lipinski definition) is 0. The first kappa shape index (κ1) is 11.0. The van der Waals surface area contributed by atoms with Gasteiger partial charge in [-0.25, -0.2) is 0 Å². The van der Waals surface area contributed by atoms with Crippen LogP contribution in [0.5, 0.6) is 0 Å². The minimum atomic E-state index is 0.851. The third-order valence-corrected chi connectivity index (χ3v) is 3.99. The van der Waals surface area contributed by atoms with Crippen molar-refractivity contribution in [3.63, 3.8) is 0 Å². The summed E-state index contributed by atoms with van der Waals surface area (Å²) in [4.78, 5) is 0. The normalized spacial score (nSPS) is 42.0. The first-order chi connectivity index (χ1) is 5.84. The first-order valence-electron chi connectivity index (χ1n) is 5.65. The Balaban J connectivity index is 2.78. The highest BCUT2D eigenvalue weighted by Gasteiger charge is 2.40. The quantitative estimate of drug-likeness (QED) is 0.550. The second kappa shape index (κ2) is 3.61. The van der Waals surface area contributed by atoms with Gasteiger partial charge in [-0.15, -0.1) is 0 Å². The molecule has 0 N–H and O–H groups in total. The highest BCUT2D eigenvalue weighted by atomic mass is 15.3. The Hall–Kier alpha value is -0.0400. The largest absolute Gasteiger partial charge is 0.328 e. The zero-order valence-electron chi connectivity index (χ0n) is 10.2. The zero-order valence-corrected chi connectivity index (χ0v) is 10.2. The molecule has 1 saturated carbocycles. The summed E-state index contributed by atoms with van der Waals surface area (Å²) in [7, 11) is 7.03. The van der Waals surface area contributed by atoms with Gasteiger partial charge in [0.05, 0.1) is 27.2 Å². The van der Waals surface area contributed by atoms with Gasteiger partial charge < -0.3 is 4.48 Å². The van der Waals surface area contributed by atoms with Crippen LogP contribution in [0.15, 0.2) is 0 Å². The molecule has 1 nitrogen and oxygen atoms in total. The summed E-state index contributed by atoms with van der Waals surface area (Å²) >= 11 is 0. The summed E-state index contributed by atoms with van der Waals surface area (Å²) in [6.45, 7) is 7.28. The lowest BCUT2D eigenvalue weighted by Gasteiger charge is -2.46. The van der Waals surface area contributed by atoms with Crippen LogP contribution >= 0.6 is 0 Å². The lowest BCUT2D eigenvalue weighted by atomic mass is 9.71. The molecule has 0 aliphatic heterocycles. The summed E-state index contributed by atoms with van der Waals surface area (Å²) in [6, 6.07) is 0.851. The predicted molar refractivity (Wildman–Crippen MR) is 58.5 cm³/mol. The molecule has 1 rings (SSSR count). The Kier molecular flexibility index (Phi) is 3.06. The van der Waals surface area contributed by atoms with Crippen LogP contribution in [-0.2, 0) is 0 Å². The lowest BCUT2D eigenvalue weighted by molar-refractivity contribution is -0.905. The fourth-order valence-electron chi connectivity index (χ4n) is 3.28. The van der Waals surface area contributed by atoms with Crippen molar-refractivity contribution in [2.75, 3.05) is 21.1 Å². The molecule has 1 heteroatoms. The van der Waals surface area contributed by atoms with E-state index in [1.54, 1.807) is 0 Å². The Morgan fingerprint density at radius 1 is 0.846 bits per heavy atom. The molecule has 0 aromatic heterocycles. The van der Waals surface area contributed by atoms with Crippen molar-refractivity contribution in [1.29, 1.82) is 0 Å². The monoisotopic (exact) mass is 184 g/mol. The van der Waals surface area contributed by atoms with Gasteiger partial charge >= 0.3 is 0 Å². The van der Waals surface area contributed by atoms with Crippen molar-refractivity contribution in [3.8, 4) is 0 Å². The highest BCUT2D eigenvalue weighted by Crippen LogP contribution is 2.37. The van der Waals surface area contributed by atoms with Gasteiger partial charge in [-0.05, 0) is 18.8 Å². The van der Waals surface area contributed by atoms with Crippen molar-refractivity contribution >= 4 is 0 Å². The second-order valence-electron chi connectivity index (χ2n) is 6.00. The smallest absolute Gasteiger partial charge is 0.0938 e. The van der Waals surface area contributed by atoms with Crippen LogP contribution in [0.1, 0.15) is 33.6 Å². The molecule has 78 valence electrons. The van der Waals surface area contributed by atoms with Gasteiger partial charge in [0.1, 0.15) is 0 Å². The molecule has 0 spiro atoms. The minimum absolute atomic E-state index is 0.851. The molecule has 0 saturated heterocycles. The SMILES string of the molecule is CC1CCC(C)[C@@H](C)C1[N+](C)(C)C. The molecule has 0 radical (unpaired) electrons. The maximum absolute atomic E-state index is 2.44. The lowest BCUT2D eigenvalue weighted by Crippen LogP contribution is -2.55. The van der Waals surface area contributed by atoms with Gasteiger partial charge in [0, 0.05) is 11.8 Å². The molecule has 0 heterocycles. The molecule has 13 heavy (non-hydrogen) atoms. The minimum Gasteiger partial charge on any atom is -0.328 e. The van der Waals surface area contributed by atoms with Crippen LogP contribution in [0.2, 0.25) is 0 Å². The second-order valence-corrected chi connectivity index (χ2v) is 6.00. The number of quaternary nitrogens is 1. The standard InChI is InChI=1S/C12H26N/c1-9-7-8-10(2)12(11(9)3)13(4,5)6/h9-12H,7-8H2,1-6H3/q+1/t9?,10?,11-,12?/m1/s1.